The van der Waals surface area contributed by atoms with Crippen molar-refractivity contribution in [1.29, 1.82) is 0 Å². The van der Waals surface area contributed by atoms with E-state index in [-0.39, 0.29) is 33.8 Å². The van der Waals surface area contributed by atoms with Gasteiger partial charge < -0.3 is 26.6 Å². The molecule has 5 atom stereocenters. The zero-order valence-electron chi connectivity index (χ0n) is 27.2. The number of urea groups is 1. The summed E-state index contributed by atoms with van der Waals surface area (Å²) < 4.78 is 26.0. The largest absolute Gasteiger partial charge is 0.363 e. The molecular formula is C32H47N5O7S. The second-order valence-corrected chi connectivity index (χ2v) is 17.2. The van der Waals surface area contributed by atoms with Gasteiger partial charge in [-0.1, -0.05) is 65.7 Å². The highest BCUT2D eigenvalue weighted by molar-refractivity contribution is 7.91. The van der Waals surface area contributed by atoms with Gasteiger partial charge in [-0.25, -0.2) is 13.2 Å². The highest BCUT2D eigenvalue weighted by Gasteiger charge is 2.70. The Kier molecular flexibility index (Phi) is 9.20. The first-order valence-corrected chi connectivity index (χ1v) is 17.1. The number of carbonyl (C=O) groups is 5. The van der Waals surface area contributed by atoms with Crippen LogP contribution in [0.1, 0.15) is 67.7 Å². The van der Waals surface area contributed by atoms with Gasteiger partial charge in [0.2, 0.25) is 17.6 Å². The van der Waals surface area contributed by atoms with Gasteiger partial charge in [-0.05, 0) is 61.0 Å². The summed E-state index contributed by atoms with van der Waals surface area (Å²) in [6, 6.07) is 4.20. The van der Waals surface area contributed by atoms with Crippen molar-refractivity contribution in [3.05, 3.63) is 30.3 Å². The lowest BCUT2D eigenvalue weighted by molar-refractivity contribution is -0.145. The lowest BCUT2D eigenvalue weighted by atomic mass is 9.85. The van der Waals surface area contributed by atoms with Crippen molar-refractivity contribution in [1.82, 2.24) is 20.9 Å². The van der Waals surface area contributed by atoms with E-state index in [1.807, 2.05) is 13.8 Å². The zero-order chi connectivity index (χ0) is 33.7. The maximum absolute atomic E-state index is 14.2. The van der Waals surface area contributed by atoms with Crippen LogP contribution in [-0.2, 0) is 29.0 Å². The quantitative estimate of drug-likeness (QED) is 0.250. The maximum atomic E-state index is 14.2. The molecule has 0 aromatic heterocycles. The van der Waals surface area contributed by atoms with Crippen molar-refractivity contribution < 1.29 is 32.4 Å². The third-order valence-electron chi connectivity index (χ3n) is 9.40. The van der Waals surface area contributed by atoms with Gasteiger partial charge in [-0.2, -0.15) is 0 Å². The number of amides is 5. The average molecular weight is 646 g/mol. The minimum atomic E-state index is -3.72. The zero-order valence-corrected chi connectivity index (χ0v) is 28.0. The molecule has 2 saturated carbocycles. The van der Waals surface area contributed by atoms with Gasteiger partial charge in [-0.3, -0.25) is 19.2 Å². The molecular weight excluding hydrogens is 598 g/mol. The molecule has 12 nitrogen and oxygen atoms in total. The topological polar surface area (TPSA) is 185 Å². The van der Waals surface area contributed by atoms with E-state index in [0.29, 0.717) is 13.0 Å². The molecule has 5 amide bonds. The summed E-state index contributed by atoms with van der Waals surface area (Å²) in [5.41, 5.74) is 3.09. The molecule has 0 spiro atoms. The second-order valence-electron chi connectivity index (χ2n) is 15.2. The predicted octanol–water partition coefficient (Wildman–Crippen LogP) is 1.78. The van der Waals surface area contributed by atoms with Crippen LogP contribution >= 0.6 is 0 Å². The summed E-state index contributed by atoms with van der Waals surface area (Å²) >= 11 is 0. The van der Waals surface area contributed by atoms with Crippen LogP contribution in [0.15, 0.2) is 35.2 Å². The summed E-state index contributed by atoms with van der Waals surface area (Å²) in [5.74, 6) is -3.23. The molecule has 1 heterocycles. The van der Waals surface area contributed by atoms with Crippen LogP contribution in [0, 0.1) is 28.6 Å². The van der Waals surface area contributed by atoms with Crippen LogP contribution in [0.4, 0.5) is 4.79 Å². The number of likely N-dealkylation sites (tertiary alicyclic amines) is 1. The van der Waals surface area contributed by atoms with Gasteiger partial charge in [0, 0.05) is 6.54 Å². The van der Waals surface area contributed by atoms with Gasteiger partial charge in [0.1, 0.15) is 12.1 Å². The van der Waals surface area contributed by atoms with E-state index < -0.39 is 68.5 Å². The molecule has 0 radical (unpaired) electrons. The molecule has 3 fully saturated rings. The smallest absolute Gasteiger partial charge is 0.315 e. The molecule has 13 heteroatoms. The van der Waals surface area contributed by atoms with Crippen molar-refractivity contribution in [2.45, 2.75) is 96.3 Å². The van der Waals surface area contributed by atoms with Crippen molar-refractivity contribution >= 4 is 39.4 Å². The average Bonchev–Trinajstić information content (AvgIpc) is 3.77. The Labute approximate surface area is 265 Å². The summed E-state index contributed by atoms with van der Waals surface area (Å²) in [6.07, 6.45) is 2.12. The van der Waals surface area contributed by atoms with E-state index in [4.69, 9.17) is 5.73 Å². The number of nitrogens with zero attached hydrogens (tertiary/aromatic N) is 1. The minimum absolute atomic E-state index is 0.0440. The maximum Gasteiger partial charge on any atom is 0.315 e. The van der Waals surface area contributed by atoms with E-state index in [1.165, 1.54) is 17.0 Å². The fourth-order valence-corrected chi connectivity index (χ4v) is 8.43. The minimum Gasteiger partial charge on any atom is -0.363 e. The molecule has 4 rings (SSSR count). The second kappa shape index (κ2) is 12.0. The standard InChI is InChI=1S/C32H47N5O7S/c1-30(2,3)25(35-29(42)36-31(4,5)17-45(43,44)19-11-9-8-10-12-19)28(41)37-16-20-22(32(20,6)7)23(37)27(40)34-21(15-18-13-14-18)24(38)26(33)39/h8-12,18,20-23,25H,13-17H2,1-7H3,(H2,33,39)(H,34,40)(H2,35,36,42)/t20?,21?,22-,23-,25+/m0/s1. The Bertz CT molecular complexity index is 1460. The van der Waals surface area contributed by atoms with E-state index in [9.17, 15) is 32.4 Å². The Balaban J connectivity index is 1.50. The number of hydrogen-bond acceptors (Lipinski definition) is 7. The van der Waals surface area contributed by atoms with Gasteiger partial charge in [0.05, 0.1) is 22.2 Å². The molecule has 5 N–H and O–H groups in total. The number of primary amides is 1. The van der Waals surface area contributed by atoms with Crippen LogP contribution in [0.2, 0.25) is 0 Å². The molecule has 1 aromatic carbocycles. The number of Topliss-reactive ketones (excluding diaryl/α,β-unsaturated/α-hetero) is 1. The molecule has 1 aliphatic heterocycles. The number of piperidine rings is 1. The number of benzene rings is 1. The van der Waals surface area contributed by atoms with Gasteiger partial charge in [-0.15, -0.1) is 0 Å². The molecule has 45 heavy (non-hydrogen) atoms. The van der Waals surface area contributed by atoms with Crippen molar-refractivity contribution in [3.63, 3.8) is 0 Å². The Morgan fingerprint density at radius 2 is 1.60 bits per heavy atom. The Morgan fingerprint density at radius 3 is 2.13 bits per heavy atom. The number of ketones is 1. The number of carbonyl (C=O) groups excluding carboxylic acids is 5. The van der Waals surface area contributed by atoms with Gasteiger partial charge >= 0.3 is 6.03 Å². The highest BCUT2D eigenvalue weighted by Crippen LogP contribution is 2.65. The molecule has 2 unspecified atom stereocenters. The van der Waals surface area contributed by atoms with Crippen LogP contribution < -0.4 is 21.7 Å². The predicted molar refractivity (Wildman–Crippen MR) is 167 cm³/mol. The first-order valence-electron chi connectivity index (χ1n) is 15.5. The van der Waals surface area contributed by atoms with E-state index in [0.717, 1.165) is 12.8 Å². The monoisotopic (exact) mass is 645 g/mol. The molecule has 3 aliphatic rings. The molecule has 0 bridgehead atoms. The normalized spacial score (nSPS) is 23.7. The fourth-order valence-electron chi connectivity index (χ4n) is 6.67. The number of hydrogen-bond donors (Lipinski definition) is 4. The third kappa shape index (κ3) is 7.67. The number of sulfone groups is 1. The Hall–Kier alpha value is -3.48. The first-order chi connectivity index (χ1) is 20.7. The van der Waals surface area contributed by atoms with Crippen LogP contribution in [0.5, 0.6) is 0 Å². The molecule has 248 valence electrons. The molecule has 2 aliphatic carbocycles. The van der Waals surface area contributed by atoms with Crippen molar-refractivity contribution in [2.24, 2.45) is 34.3 Å². The number of fused-ring (bicyclic) bond motifs is 1. The number of nitrogens with two attached hydrogens (primary N) is 1. The first kappa shape index (κ1) is 34.4. The van der Waals surface area contributed by atoms with Crippen LogP contribution in [0.25, 0.3) is 0 Å². The lowest BCUT2D eigenvalue weighted by Crippen LogP contribution is -2.62. The van der Waals surface area contributed by atoms with E-state index >= 15 is 0 Å². The lowest BCUT2D eigenvalue weighted by Gasteiger charge is -2.38. The molecule has 1 aromatic rings. The fraction of sp³-hybridized carbons (Fsp3) is 0.656. The number of nitrogens with one attached hydrogen (secondary N) is 3. The third-order valence-corrected chi connectivity index (χ3v) is 11.5. The van der Waals surface area contributed by atoms with Crippen LogP contribution in [0.3, 0.4) is 0 Å². The van der Waals surface area contributed by atoms with E-state index in [2.05, 4.69) is 16.0 Å². The van der Waals surface area contributed by atoms with Crippen LogP contribution in [-0.4, -0.2) is 78.8 Å². The summed E-state index contributed by atoms with van der Waals surface area (Å²) in [7, 11) is -3.72. The van der Waals surface area contributed by atoms with Crippen molar-refractivity contribution in [3.8, 4) is 0 Å². The van der Waals surface area contributed by atoms with E-state index in [1.54, 1.807) is 52.8 Å². The highest BCUT2D eigenvalue weighted by atomic mass is 32.2. The number of rotatable bonds is 12. The van der Waals surface area contributed by atoms with Gasteiger partial charge in [0.15, 0.2) is 9.84 Å². The van der Waals surface area contributed by atoms with Gasteiger partial charge in [0.25, 0.3) is 5.91 Å². The summed E-state index contributed by atoms with van der Waals surface area (Å²) in [5, 5.41) is 8.19. The summed E-state index contributed by atoms with van der Waals surface area (Å²) in [6.45, 7) is 12.9. The summed E-state index contributed by atoms with van der Waals surface area (Å²) in [4.78, 5) is 67.2. The Morgan fingerprint density at radius 1 is 1.00 bits per heavy atom. The molecule has 1 saturated heterocycles. The van der Waals surface area contributed by atoms with Crippen molar-refractivity contribution in [2.75, 3.05) is 12.3 Å². The SMILES string of the molecule is CC(C)(CS(=O)(=O)c1ccccc1)NC(=O)N[C@H](C(=O)N1CC2[C@@H]([C@H]1C(=O)NC(CC1CC1)C(=O)C(N)=O)C2(C)C)C(C)(C)C.